The van der Waals surface area contributed by atoms with Crippen LogP contribution in [0.2, 0.25) is 0 Å². The van der Waals surface area contributed by atoms with Crippen LogP contribution in [0.3, 0.4) is 0 Å². The topological polar surface area (TPSA) is 44.8 Å². The van der Waals surface area contributed by atoms with E-state index in [9.17, 15) is 4.79 Å². The van der Waals surface area contributed by atoms with Gasteiger partial charge in [0, 0.05) is 17.7 Å². The van der Waals surface area contributed by atoms with Crippen molar-refractivity contribution in [1.82, 2.24) is 0 Å². The molecule has 0 saturated carbocycles. The molecule has 2 rings (SSSR count). The predicted molar refractivity (Wildman–Crippen MR) is 98.6 cm³/mol. The predicted octanol–water partition coefficient (Wildman–Crippen LogP) is 4.63. The Morgan fingerprint density at radius 1 is 1.12 bits per heavy atom. The normalized spacial score (nSPS) is 10.9. The van der Waals surface area contributed by atoms with Crippen molar-refractivity contribution < 1.29 is 19.0 Å². The first-order chi connectivity index (χ1) is 12.1. The van der Waals surface area contributed by atoms with Crippen LogP contribution in [-0.2, 0) is 16.1 Å². The standard InChI is InChI=1S/C21H24O4/c1-4-23-21(22)13-11-18-10-12-19(14-20(18)25-16(2)3)24-15-17-8-6-5-7-9-17/h5-14,16H,4,15H2,1-3H3. The summed E-state index contributed by atoms with van der Waals surface area (Å²) in [5, 5.41) is 0. The van der Waals surface area contributed by atoms with Gasteiger partial charge in [-0.25, -0.2) is 4.79 Å². The van der Waals surface area contributed by atoms with Crippen LogP contribution >= 0.6 is 0 Å². The maximum atomic E-state index is 11.5. The summed E-state index contributed by atoms with van der Waals surface area (Å²) in [6.07, 6.45) is 3.10. The molecule has 0 aromatic heterocycles. The van der Waals surface area contributed by atoms with Crippen LogP contribution in [-0.4, -0.2) is 18.7 Å². The highest BCUT2D eigenvalue weighted by molar-refractivity contribution is 5.87. The minimum atomic E-state index is -0.373. The molecular formula is C21H24O4. The molecule has 25 heavy (non-hydrogen) atoms. The largest absolute Gasteiger partial charge is 0.490 e. The minimum absolute atomic E-state index is 0.0131. The summed E-state index contributed by atoms with van der Waals surface area (Å²) < 4.78 is 16.6. The van der Waals surface area contributed by atoms with Crippen LogP contribution in [0.5, 0.6) is 11.5 Å². The summed E-state index contributed by atoms with van der Waals surface area (Å²) in [4.78, 5) is 11.5. The summed E-state index contributed by atoms with van der Waals surface area (Å²) in [5.41, 5.74) is 1.90. The van der Waals surface area contributed by atoms with Crippen molar-refractivity contribution in [2.75, 3.05) is 6.61 Å². The van der Waals surface area contributed by atoms with E-state index in [4.69, 9.17) is 14.2 Å². The monoisotopic (exact) mass is 340 g/mol. The second-order valence-electron chi connectivity index (χ2n) is 5.73. The molecule has 0 aliphatic heterocycles. The number of rotatable bonds is 8. The molecule has 0 fully saturated rings. The van der Waals surface area contributed by atoms with Crippen molar-refractivity contribution in [2.24, 2.45) is 0 Å². The molecule has 0 heterocycles. The molecule has 0 amide bonds. The zero-order chi connectivity index (χ0) is 18.1. The van der Waals surface area contributed by atoms with Crippen molar-refractivity contribution in [3.8, 4) is 11.5 Å². The van der Waals surface area contributed by atoms with E-state index in [1.54, 1.807) is 13.0 Å². The van der Waals surface area contributed by atoms with E-state index >= 15 is 0 Å². The minimum Gasteiger partial charge on any atom is -0.490 e. The van der Waals surface area contributed by atoms with Gasteiger partial charge in [-0.15, -0.1) is 0 Å². The fourth-order valence-electron chi connectivity index (χ4n) is 2.19. The van der Waals surface area contributed by atoms with Crippen molar-refractivity contribution in [3.05, 3.63) is 65.7 Å². The van der Waals surface area contributed by atoms with Gasteiger partial charge in [-0.2, -0.15) is 0 Å². The van der Waals surface area contributed by atoms with Crippen LogP contribution in [0.15, 0.2) is 54.6 Å². The highest BCUT2D eigenvalue weighted by Gasteiger charge is 2.07. The third kappa shape index (κ3) is 6.34. The molecule has 0 saturated heterocycles. The van der Waals surface area contributed by atoms with Crippen LogP contribution < -0.4 is 9.47 Å². The van der Waals surface area contributed by atoms with E-state index in [1.807, 2.05) is 62.4 Å². The second-order valence-corrected chi connectivity index (χ2v) is 5.73. The SMILES string of the molecule is CCOC(=O)C=Cc1ccc(OCc2ccccc2)cc1OC(C)C. The molecule has 0 atom stereocenters. The van der Waals surface area contributed by atoms with Gasteiger partial charge >= 0.3 is 5.97 Å². The smallest absolute Gasteiger partial charge is 0.330 e. The van der Waals surface area contributed by atoms with Gasteiger partial charge in [-0.05, 0) is 44.5 Å². The van der Waals surface area contributed by atoms with Gasteiger partial charge in [0.2, 0.25) is 0 Å². The quantitative estimate of drug-likeness (QED) is 0.519. The third-order valence-electron chi connectivity index (χ3n) is 3.28. The summed E-state index contributed by atoms with van der Waals surface area (Å²) >= 11 is 0. The Kier molecular flexibility index (Phi) is 7.08. The Morgan fingerprint density at radius 2 is 1.88 bits per heavy atom. The van der Waals surface area contributed by atoms with Gasteiger partial charge in [-0.1, -0.05) is 30.3 Å². The molecule has 0 unspecified atom stereocenters. The number of benzene rings is 2. The van der Waals surface area contributed by atoms with Crippen LogP contribution in [0.1, 0.15) is 31.9 Å². The number of hydrogen-bond donors (Lipinski definition) is 0. The first kappa shape index (κ1) is 18.6. The molecule has 2 aromatic carbocycles. The zero-order valence-electron chi connectivity index (χ0n) is 14.9. The maximum Gasteiger partial charge on any atom is 0.330 e. The summed E-state index contributed by atoms with van der Waals surface area (Å²) in [7, 11) is 0. The number of carbonyl (C=O) groups is 1. The van der Waals surface area contributed by atoms with Gasteiger partial charge in [0.15, 0.2) is 0 Å². The van der Waals surface area contributed by atoms with E-state index in [2.05, 4.69) is 0 Å². The fraction of sp³-hybridized carbons (Fsp3) is 0.286. The lowest BCUT2D eigenvalue weighted by Crippen LogP contribution is -2.07. The molecule has 2 aromatic rings. The van der Waals surface area contributed by atoms with Crippen molar-refractivity contribution in [2.45, 2.75) is 33.5 Å². The van der Waals surface area contributed by atoms with Crippen molar-refractivity contribution in [3.63, 3.8) is 0 Å². The van der Waals surface area contributed by atoms with Gasteiger partial charge in [0.25, 0.3) is 0 Å². The molecule has 0 N–H and O–H groups in total. The number of esters is 1. The van der Waals surface area contributed by atoms with E-state index in [-0.39, 0.29) is 12.1 Å². The first-order valence-corrected chi connectivity index (χ1v) is 8.40. The van der Waals surface area contributed by atoms with E-state index in [1.165, 1.54) is 6.08 Å². The summed E-state index contributed by atoms with van der Waals surface area (Å²) in [6.45, 7) is 6.52. The highest BCUT2D eigenvalue weighted by atomic mass is 16.5. The molecule has 0 aliphatic carbocycles. The molecular weight excluding hydrogens is 316 g/mol. The molecule has 0 aliphatic rings. The Labute approximate surface area is 149 Å². The van der Waals surface area contributed by atoms with Crippen LogP contribution in [0.25, 0.3) is 6.08 Å². The molecule has 0 radical (unpaired) electrons. The summed E-state index contributed by atoms with van der Waals surface area (Å²) in [6, 6.07) is 15.5. The Hall–Kier alpha value is -2.75. The maximum absolute atomic E-state index is 11.5. The number of carbonyl (C=O) groups excluding carboxylic acids is 1. The Bertz CT molecular complexity index is 705. The lowest BCUT2D eigenvalue weighted by atomic mass is 10.1. The molecule has 4 heteroatoms. The van der Waals surface area contributed by atoms with Gasteiger partial charge in [0.05, 0.1) is 12.7 Å². The molecule has 132 valence electrons. The average molecular weight is 340 g/mol. The van der Waals surface area contributed by atoms with Crippen molar-refractivity contribution in [1.29, 1.82) is 0 Å². The molecule has 4 nitrogen and oxygen atoms in total. The van der Waals surface area contributed by atoms with Crippen LogP contribution in [0.4, 0.5) is 0 Å². The number of hydrogen-bond acceptors (Lipinski definition) is 4. The lowest BCUT2D eigenvalue weighted by molar-refractivity contribution is -0.137. The first-order valence-electron chi connectivity index (χ1n) is 8.40. The van der Waals surface area contributed by atoms with Gasteiger partial charge in [0.1, 0.15) is 18.1 Å². The Morgan fingerprint density at radius 3 is 2.56 bits per heavy atom. The molecule has 0 spiro atoms. The Balaban J connectivity index is 2.13. The second kappa shape index (κ2) is 9.52. The number of ether oxygens (including phenoxy) is 3. The van der Waals surface area contributed by atoms with E-state index in [0.29, 0.717) is 24.7 Å². The third-order valence-corrected chi connectivity index (χ3v) is 3.28. The lowest BCUT2D eigenvalue weighted by Gasteiger charge is -2.14. The molecule has 0 bridgehead atoms. The fourth-order valence-corrected chi connectivity index (χ4v) is 2.19. The van der Waals surface area contributed by atoms with E-state index in [0.717, 1.165) is 11.1 Å². The zero-order valence-corrected chi connectivity index (χ0v) is 14.9. The van der Waals surface area contributed by atoms with E-state index < -0.39 is 0 Å². The highest BCUT2D eigenvalue weighted by Crippen LogP contribution is 2.27. The van der Waals surface area contributed by atoms with Crippen molar-refractivity contribution >= 4 is 12.0 Å². The van der Waals surface area contributed by atoms with Gasteiger partial charge < -0.3 is 14.2 Å². The van der Waals surface area contributed by atoms with Gasteiger partial charge in [-0.3, -0.25) is 0 Å². The average Bonchev–Trinajstić information content (AvgIpc) is 2.60. The summed E-state index contributed by atoms with van der Waals surface area (Å²) in [5.74, 6) is 1.01. The van der Waals surface area contributed by atoms with Crippen LogP contribution in [0, 0.1) is 0 Å².